The van der Waals surface area contributed by atoms with E-state index in [2.05, 4.69) is 10.3 Å². The minimum Gasteiger partial charge on any atom is -0.353 e. The minimum absolute atomic E-state index is 0.344. The van der Waals surface area contributed by atoms with Crippen molar-refractivity contribution in [2.24, 2.45) is 0 Å². The van der Waals surface area contributed by atoms with E-state index in [1.807, 2.05) is 11.9 Å². The van der Waals surface area contributed by atoms with Crippen LogP contribution in [0.5, 0.6) is 0 Å². The van der Waals surface area contributed by atoms with Crippen LogP contribution in [-0.4, -0.2) is 31.2 Å². The maximum absolute atomic E-state index is 12.4. The predicted octanol–water partition coefficient (Wildman–Crippen LogP) is 1.51. The Morgan fingerprint density at radius 1 is 1.38 bits per heavy atom. The van der Waals surface area contributed by atoms with Gasteiger partial charge in [0.1, 0.15) is 11.5 Å². The molecule has 6 heteroatoms. The number of hydrogen-bond donors (Lipinski definition) is 1. The molecule has 88 valence electrons. The normalized spacial score (nSPS) is 17.4. The van der Waals surface area contributed by atoms with E-state index in [1.165, 1.54) is 6.07 Å². The Morgan fingerprint density at radius 2 is 2.06 bits per heavy atom. The summed E-state index contributed by atoms with van der Waals surface area (Å²) < 4.78 is 37.2. The van der Waals surface area contributed by atoms with Crippen LogP contribution in [0.15, 0.2) is 18.2 Å². The fourth-order valence-electron chi connectivity index (χ4n) is 1.61. The van der Waals surface area contributed by atoms with Crippen LogP contribution in [0.3, 0.4) is 0 Å². The molecule has 0 amide bonds. The Morgan fingerprint density at radius 3 is 2.62 bits per heavy atom. The minimum atomic E-state index is -4.37. The van der Waals surface area contributed by atoms with Gasteiger partial charge in [-0.2, -0.15) is 13.2 Å². The van der Waals surface area contributed by atoms with Gasteiger partial charge in [-0.15, -0.1) is 0 Å². The average molecular weight is 231 g/mol. The van der Waals surface area contributed by atoms with Crippen LogP contribution in [0.4, 0.5) is 19.0 Å². The average Bonchev–Trinajstić information content (AvgIpc) is 2.15. The largest absolute Gasteiger partial charge is 0.433 e. The van der Waals surface area contributed by atoms with Gasteiger partial charge in [-0.3, -0.25) is 0 Å². The van der Waals surface area contributed by atoms with Crippen molar-refractivity contribution in [2.75, 3.05) is 25.0 Å². The first-order valence-corrected chi connectivity index (χ1v) is 4.97. The molecule has 1 saturated heterocycles. The highest BCUT2D eigenvalue weighted by Crippen LogP contribution is 2.29. The number of nitrogens with one attached hydrogen (secondary N) is 1. The molecule has 1 aromatic rings. The van der Waals surface area contributed by atoms with E-state index in [0.717, 1.165) is 6.07 Å². The molecule has 0 aromatic carbocycles. The van der Waals surface area contributed by atoms with Crippen LogP contribution in [0, 0.1) is 0 Å². The Bertz CT molecular complexity index is 372. The van der Waals surface area contributed by atoms with Crippen molar-refractivity contribution in [1.29, 1.82) is 0 Å². The van der Waals surface area contributed by atoms with E-state index in [4.69, 9.17) is 0 Å². The zero-order chi connectivity index (χ0) is 11.8. The number of rotatable bonds is 2. The Balaban J connectivity index is 2.12. The van der Waals surface area contributed by atoms with Crippen LogP contribution in [0.2, 0.25) is 0 Å². The van der Waals surface area contributed by atoms with E-state index in [1.54, 1.807) is 6.07 Å². The maximum Gasteiger partial charge on any atom is 0.433 e. The second kappa shape index (κ2) is 3.93. The van der Waals surface area contributed by atoms with Gasteiger partial charge in [0.15, 0.2) is 0 Å². The van der Waals surface area contributed by atoms with E-state index >= 15 is 0 Å². The molecule has 16 heavy (non-hydrogen) atoms. The molecule has 0 radical (unpaired) electrons. The number of anilines is 1. The smallest absolute Gasteiger partial charge is 0.353 e. The third kappa shape index (κ3) is 2.11. The van der Waals surface area contributed by atoms with E-state index in [-0.39, 0.29) is 0 Å². The SMILES string of the molecule is CNC1CN(c2cccc(C(F)(F)F)n2)C1. The number of likely N-dealkylation sites (N-methyl/N-ethyl adjacent to an activating group) is 1. The van der Waals surface area contributed by atoms with Gasteiger partial charge in [-0.05, 0) is 19.2 Å². The van der Waals surface area contributed by atoms with Crippen molar-refractivity contribution in [3.63, 3.8) is 0 Å². The summed E-state index contributed by atoms with van der Waals surface area (Å²) in [6.07, 6.45) is -4.37. The monoisotopic (exact) mass is 231 g/mol. The number of alkyl halides is 3. The van der Waals surface area contributed by atoms with Gasteiger partial charge in [-0.1, -0.05) is 6.07 Å². The Hall–Kier alpha value is -1.30. The van der Waals surface area contributed by atoms with Gasteiger partial charge in [0.25, 0.3) is 0 Å². The van der Waals surface area contributed by atoms with Crippen molar-refractivity contribution in [1.82, 2.24) is 10.3 Å². The van der Waals surface area contributed by atoms with Gasteiger partial charge in [0.05, 0.1) is 0 Å². The first-order valence-electron chi connectivity index (χ1n) is 4.97. The van der Waals surface area contributed by atoms with Crippen LogP contribution in [0.25, 0.3) is 0 Å². The van der Waals surface area contributed by atoms with Crippen molar-refractivity contribution in [2.45, 2.75) is 12.2 Å². The lowest BCUT2D eigenvalue weighted by Gasteiger charge is -2.40. The molecule has 0 aliphatic carbocycles. The molecule has 0 unspecified atom stereocenters. The highest BCUT2D eigenvalue weighted by atomic mass is 19.4. The lowest BCUT2D eigenvalue weighted by molar-refractivity contribution is -0.141. The fraction of sp³-hybridized carbons (Fsp3) is 0.500. The number of hydrogen-bond acceptors (Lipinski definition) is 3. The van der Waals surface area contributed by atoms with Crippen molar-refractivity contribution in [3.8, 4) is 0 Å². The number of aromatic nitrogens is 1. The first-order chi connectivity index (χ1) is 7.50. The van der Waals surface area contributed by atoms with Crippen LogP contribution >= 0.6 is 0 Å². The number of nitrogens with zero attached hydrogens (tertiary/aromatic N) is 2. The second-order valence-corrected chi connectivity index (χ2v) is 3.77. The summed E-state index contributed by atoms with van der Waals surface area (Å²) in [5, 5.41) is 3.05. The van der Waals surface area contributed by atoms with Crippen molar-refractivity contribution < 1.29 is 13.2 Å². The van der Waals surface area contributed by atoms with Crippen molar-refractivity contribution >= 4 is 5.82 Å². The molecule has 2 heterocycles. The molecular formula is C10H12F3N3. The van der Waals surface area contributed by atoms with Crippen LogP contribution in [-0.2, 0) is 6.18 Å². The summed E-state index contributed by atoms with van der Waals surface area (Å²) >= 11 is 0. The lowest BCUT2D eigenvalue weighted by atomic mass is 10.1. The molecule has 3 nitrogen and oxygen atoms in total. The number of pyridine rings is 1. The molecule has 1 aliphatic rings. The van der Waals surface area contributed by atoms with Gasteiger partial charge < -0.3 is 10.2 Å². The molecule has 2 rings (SSSR count). The second-order valence-electron chi connectivity index (χ2n) is 3.77. The predicted molar refractivity (Wildman–Crippen MR) is 54.3 cm³/mol. The van der Waals surface area contributed by atoms with Gasteiger partial charge in [-0.25, -0.2) is 4.98 Å². The molecule has 1 aliphatic heterocycles. The van der Waals surface area contributed by atoms with E-state index in [9.17, 15) is 13.2 Å². The molecular weight excluding hydrogens is 219 g/mol. The molecule has 1 N–H and O–H groups in total. The third-order valence-corrected chi connectivity index (χ3v) is 2.64. The third-order valence-electron chi connectivity index (χ3n) is 2.64. The highest BCUT2D eigenvalue weighted by molar-refractivity contribution is 5.43. The zero-order valence-corrected chi connectivity index (χ0v) is 8.75. The summed E-state index contributed by atoms with van der Waals surface area (Å²) in [6.45, 7) is 1.40. The molecule has 0 spiro atoms. The highest BCUT2D eigenvalue weighted by Gasteiger charge is 2.34. The summed E-state index contributed by atoms with van der Waals surface area (Å²) in [4.78, 5) is 5.42. The van der Waals surface area contributed by atoms with Crippen LogP contribution < -0.4 is 10.2 Å². The summed E-state index contributed by atoms with van der Waals surface area (Å²) in [7, 11) is 1.83. The summed E-state index contributed by atoms with van der Waals surface area (Å²) in [5.74, 6) is 0.390. The fourth-order valence-corrected chi connectivity index (χ4v) is 1.61. The molecule has 1 aromatic heterocycles. The topological polar surface area (TPSA) is 28.2 Å². The molecule has 0 atom stereocenters. The quantitative estimate of drug-likeness (QED) is 0.836. The van der Waals surface area contributed by atoms with Gasteiger partial charge in [0, 0.05) is 19.1 Å². The number of halogens is 3. The van der Waals surface area contributed by atoms with Crippen LogP contribution in [0.1, 0.15) is 5.69 Å². The summed E-state index contributed by atoms with van der Waals surface area (Å²) in [5.41, 5.74) is -0.835. The first kappa shape index (κ1) is 11.2. The molecule has 0 saturated carbocycles. The maximum atomic E-state index is 12.4. The van der Waals surface area contributed by atoms with Crippen molar-refractivity contribution in [3.05, 3.63) is 23.9 Å². The molecule has 1 fully saturated rings. The zero-order valence-electron chi connectivity index (χ0n) is 8.75. The Kier molecular flexibility index (Phi) is 2.75. The molecule has 0 bridgehead atoms. The van der Waals surface area contributed by atoms with Gasteiger partial charge in [0.2, 0.25) is 0 Å². The summed E-state index contributed by atoms with van der Waals surface area (Å²) in [6, 6.07) is 4.31. The lowest BCUT2D eigenvalue weighted by Crippen LogP contribution is -2.57. The Labute approximate surface area is 91.3 Å². The standard InChI is InChI=1S/C10H12F3N3/c1-14-7-5-16(6-7)9-4-2-3-8(15-9)10(11,12)13/h2-4,7,14H,5-6H2,1H3. The van der Waals surface area contributed by atoms with E-state index in [0.29, 0.717) is 24.9 Å². The van der Waals surface area contributed by atoms with E-state index < -0.39 is 11.9 Å². The van der Waals surface area contributed by atoms with Gasteiger partial charge >= 0.3 is 6.18 Å².